The van der Waals surface area contributed by atoms with Crippen molar-refractivity contribution in [1.29, 1.82) is 0 Å². The lowest BCUT2D eigenvalue weighted by molar-refractivity contribution is 0.0621. The predicted molar refractivity (Wildman–Crippen MR) is 88.4 cm³/mol. The van der Waals surface area contributed by atoms with E-state index in [4.69, 9.17) is 0 Å². The SMILES string of the molecule is CCCn1nccc1C(NC)C1(N(CC)CC)CCCC1. The molecule has 1 aliphatic rings. The third-order valence-electron chi connectivity index (χ3n) is 5.17. The van der Waals surface area contributed by atoms with E-state index in [0.29, 0.717) is 6.04 Å². The van der Waals surface area contributed by atoms with Crippen molar-refractivity contribution >= 4 is 0 Å². The minimum absolute atomic E-state index is 0.254. The molecular weight excluding hydrogens is 260 g/mol. The number of nitrogens with zero attached hydrogens (tertiary/aromatic N) is 3. The average Bonchev–Trinajstić information content (AvgIpc) is 3.13. The summed E-state index contributed by atoms with van der Waals surface area (Å²) in [5, 5.41) is 8.18. The number of aromatic nitrogens is 2. The van der Waals surface area contributed by atoms with Gasteiger partial charge in [-0.05, 0) is 45.5 Å². The van der Waals surface area contributed by atoms with Gasteiger partial charge in [0, 0.05) is 18.3 Å². The lowest BCUT2D eigenvalue weighted by Gasteiger charge is -2.46. The first-order valence-electron chi connectivity index (χ1n) is 8.67. The van der Waals surface area contributed by atoms with Crippen LogP contribution in [0.4, 0.5) is 0 Å². The quantitative estimate of drug-likeness (QED) is 0.798. The van der Waals surface area contributed by atoms with Crippen molar-refractivity contribution in [2.24, 2.45) is 0 Å². The fourth-order valence-corrected chi connectivity index (χ4v) is 4.31. The Kier molecular flexibility index (Phi) is 5.82. The highest BCUT2D eigenvalue weighted by molar-refractivity contribution is 5.17. The highest BCUT2D eigenvalue weighted by Crippen LogP contribution is 2.44. The monoisotopic (exact) mass is 292 g/mol. The largest absolute Gasteiger partial charge is 0.310 e. The molecular formula is C17H32N4. The van der Waals surface area contributed by atoms with Crippen LogP contribution in [0.3, 0.4) is 0 Å². The van der Waals surface area contributed by atoms with Gasteiger partial charge >= 0.3 is 0 Å². The Labute approximate surface area is 129 Å². The molecule has 1 N–H and O–H groups in total. The van der Waals surface area contributed by atoms with Crippen molar-refractivity contribution in [3.63, 3.8) is 0 Å². The third kappa shape index (κ3) is 3.02. The van der Waals surface area contributed by atoms with Gasteiger partial charge in [0.15, 0.2) is 0 Å². The van der Waals surface area contributed by atoms with Crippen molar-refractivity contribution in [3.8, 4) is 0 Å². The normalized spacial score (nSPS) is 19.3. The highest BCUT2D eigenvalue weighted by atomic mass is 15.3. The van der Waals surface area contributed by atoms with E-state index < -0.39 is 0 Å². The topological polar surface area (TPSA) is 33.1 Å². The van der Waals surface area contributed by atoms with Crippen LogP contribution in [0.2, 0.25) is 0 Å². The number of rotatable bonds is 8. The predicted octanol–water partition coefficient (Wildman–Crippen LogP) is 3.21. The van der Waals surface area contributed by atoms with Crippen LogP contribution in [0, 0.1) is 0 Å². The van der Waals surface area contributed by atoms with Gasteiger partial charge in [-0.3, -0.25) is 9.58 Å². The molecule has 1 atom stereocenters. The van der Waals surface area contributed by atoms with Gasteiger partial charge in [-0.15, -0.1) is 0 Å². The molecule has 0 spiro atoms. The maximum atomic E-state index is 4.55. The number of nitrogens with one attached hydrogen (secondary N) is 1. The zero-order valence-corrected chi connectivity index (χ0v) is 14.2. The first kappa shape index (κ1) is 16.5. The van der Waals surface area contributed by atoms with Gasteiger partial charge in [0.1, 0.15) is 0 Å². The van der Waals surface area contributed by atoms with Gasteiger partial charge in [0.25, 0.3) is 0 Å². The van der Waals surface area contributed by atoms with Crippen LogP contribution in [0.25, 0.3) is 0 Å². The van der Waals surface area contributed by atoms with Gasteiger partial charge in [-0.2, -0.15) is 5.10 Å². The summed E-state index contributed by atoms with van der Waals surface area (Å²) in [5.41, 5.74) is 1.61. The molecule has 1 fully saturated rings. The molecule has 1 saturated carbocycles. The van der Waals surface area contributed by atoms with E-state index >= 15 is 0 Å². The fourth-order valence-electron chi connectivity index (χ4n) is 4.31. The molecule has 1 aromatic heterocycles. The van der Waals surface area contributed by atoms with E-state index in [2.05, 4.69) is 53.9 Å². The van der Waals surface area contributed by atoms with Crippen molar-refractivity contribution in [1.82, 2.24) is 20.0 Å². The Morgan fingerprint density at radius 2 is 1.95 bits per heavy atom. The lowest BCUT2D eigenvalue weighted by atomic mass is 9.83. The number of hydrogen-bond donors (Lipinski definition) is 1. The van der Waals surface area contributed by atoms with Crippen LogP contribution in [0.5, 0.6) is 0 Å². The first-order chi connectivity index (χ1) is 10.2. The van der Waals surface area contributed by atoms with E-state index in [0.717, 1.165) is 26.1 Å². The Bertz CT molecular complexity index is 416. The van der Waals surface area contributed by atoms with Gasteiger partial charge in [-0.1, -0.05) is 33.6 Å². The summed E-state index contributed by atoms with van der Waals surface area (Å²) in [6.07, 6.45) is 8.35. The molecule has 4 heteroatoms. The Hall–Kier alpha value is -0.870. The van der Waals surface area contributed by atoms with Crippen LogP contribution >= 0.6 is 0 Å². The summed E-state index contributed by atoms with van der Waals surface area (Å²) < 4.78 is 2.20. The van der Waals surface area contributed by atoms with E-state index in [1.54, 1.807) is 0 Å². The van der Waals surface area contributed by atoms with Crippen LogP contribution in [0.1, 0.15) is 64.6 Å². The maximum Gasteiger partial charge on any atom is 0.0676 e. The molecule has 0 bridgehead atoms. The standard InChI is InChI=1S/C17H32N4/c1-5-14-21-15(10-13-19-21)16(18-4)17(11-8-9-12-17)20(6-2)7-3/h10,13,16,18H,5-9,11-12,14H2,1-4H3. The van der Waals surface area contributed by atoms with E-state index in [1.165, 1.54) is 31.4 Å². The van der Waals surface area contributed by atoms with Crippen LogP contribution in [-0.2, 0) is 6.54 Å². The van der Waals surface area contributed by atoms with E-state index in [1.807, 2.05) is 6.20 Å². The molecule has 1 heterocycles. The summed E-state index contributed by atoms with van der Waals surface area (Å²) >= 11 is 0. The fraction of sp³-hybridized carbons (Fsp3) is 0.824. The second-order valence-corrected chi connectivity index (χ2v) is 6.18. The zero-order valence-electron chi connectivity index (χ0n) is 14.2. The number of likely N-dealkylation sites (N-methyl/N-ethyl adjacent to an activating group) is 2. The number of aryl methyl sites for hydroxylation is 1. The first-order valence-corrected chi connectivity index (χ1v) is 8.67. The minimum Gasteiger partial charge on any atom is -0.310 e. The molecule has 0 amide bonds. The molecule has 1 aromatic rings. The lowest BCUT2D eigenvalue weighted by Crippen LogP contribution is -2.54. The maximum absolute atomic E-state index is 4.55. The molecule has 4 nitrogen and oxygen atoms in total. The molecule has 2 rings (SSSR count). The summed E-state index contributed by atoms with van der Waals surface area (Å²) in [6, 6.07) is 2.58. The van der Waals surface area contributed by atoms with Crippen molar-refractivity contribution in [2.45, 2.75) is 71.0 Å². The van der Waals surface area contributed by atoms with Crippen molar-refractivity contribution < 1.29 is 0 Å². The van der Waals surface area contributed by atoms with Gasteiger partial charge in [0.05, 0.1) is 11.7 Å². The van der Waals surface area contributed by atoms with Gasteiger partial charge in [0.2, 0.25) is 0 Å². The average molecular weight is 292 g/mol. The smallest absolute Gasteiger partial charge is 0.0676 e. The second-order valence-electron chi connectivity index (χ2n) is 6.18. The molecule has 120 valence electrons. The second kappa shape index (κ2) is 7.41. The summed E-state index contributed by atoms with van der Waals surface area (Å²) in [5.74, 6) is 0. The van der Waals surface area contributed by atoms with Crippen LogP contribution < -0.4 is 5.32 Å². The summed E-state index contributed by atoms with van der Waals surface area (Å²) in [7, 11) is 2.11. The summed E-state index contributed by atoms with van der Waals surface area (Å²) in [4.78, 5) is 2.67. The van der Waals surface area contributed by atoms with E-state index in [9.17, 15) is 0 Å². The van der Waals surface area contributed by atoms with Crippen molar-refractivity contribution in [3.05, 3.63) is 18.0 Å². The van der Waals surface area contributed by atoms with Gasteiger partial charge in [-0.25, -0.2) is 0 Å². The molecule has 1 aliphatic carbocycles. The Balaban J connectivity index is 2.38. The Morgan fingerprint density at radius 3 is 2.48 bits per heavy atom. The summed E-state index contributed by atoms with van der Waals surface area (Å²) in [6.45, 7) is 10.1. The van der Waals surface area contributed by atoms with Crippen molar-refractivity contribution in [2.75, 3.05) is 20.1 Å². The van der Waals surface area contributed by atoms with Gasteiger partial charge < -0.3 is 5.32 Å². The Morgan fingerprint density at radius 1 is 1.29 bits per heavy atom. The molecule has 1 unspecified atom stereocenters. The molecule has 21 heavy (non-hydrogen) atoms. The van der Waals surface area contributed by atoms with E-state index in [-0.39, 0.29) is 5.54 Å². The molecule has 0 radical (unpaired) electrons. The minimum atomic E-state index is 0.254. The molecule has 0 aromatic carbocycles. The number of hydrogen-bond acceptors (Lipinski definition) is 3. The van der Waals surface area contributed by atoms with Crippen LogP contribution in [-0.4, -0.2) is 40.4 Å². The molecule has 0 aliphatic heterocycles. The van der Waals surface area contributed by atoms with Crippen LogP contribution in [0.15, 0.2) is 12.3 Å². The zero-order chi connectivity index (χ0) is 15.3. The molecule has 0 saturated heterocycles. The third-order valence-corrected chi connectivity index (χ3v) is 5.17. The highest BCUT2D eigenvalue weighted by Gasteiger charge is 2.46.